The van der Waals surface area contributed by atoms with Gasteiger partial charge >= 0.3 is 0 Å². The lowest BCUT2D eigenvalue weighted by Gasteiger charge is -2.14. The lowest BCUT2D eigenvalue weighted by atomic mass is 10.1. The van der Waals surface area contributed by atoms with Gasteiger partial charge < -0.3 is 5.32 Å². The molecule has 0 aromatic carbocycles. The molecule has 2 rings (SSSR count). The maximum atomic E-state index is 4.72. The van der Waals surface area contributed by atoms with Gasteiger partial charge in [-0.25, -0.2) is 9.97 Å². The average molecular weight is 270 g/mol. The van der Waals surface area contributed by atoms with Crippen LogP contribution in [0.3, 0.4) is 0 Å². The molecule has 2 heterocycles. The molecule has 2 aromatic rings. The molecule has 1 N–H and O–H groups in total. The third-order valence-corrected chi connectivity index (χ3v) is 3.44. The highest BCUT2D eigenvalue weighted by Gasteiger charge is 2.13. The number of rotatable bonds is 5. The first-order valence-electron chi connectivity index (χ1n) is 7.25. The van der Waals surface area contributed by atoms with Gasteiger partial charge in [0.15, 0.2) is 5.82 Å². The lowest BCUT2D eigenvalue weighted by Crippen LogP contribution is -2.08. The molecule has 0 fully saturated rings. The summed E-state index contributed by atoms with van der Waals surface area (Å²) in [6.45, 7) is 9.26. The number of aryl methyl sites for hydroxylation is 2. The van der Waals surface area contributed by atoms with E-state index >= 15 is 0 Å². The van der Waals surface area contributed by atoms with E-state index < -0.39 is 0 Å². The van der Waals surface area contributed by atoms with Gasteiger partial charge in [-0.05, 0) is 38.3 Å². The summed E-state index contributed by atoms with van der Waals surface area (Å²) in [6.07, 6.45) is 5.56. The fourth-order valence-corrected chi connectivity index (χ4v) is 2.38. The van der Waals surface area contributed by atoms with Crippen molar-refractivity contribution in [2.45, 2.75) is 40.5 Å². The largest absolute Gasteiger partial charge is 0.370 e. The zero-order valence-corrected chi connectivity index (χ0v) is 12.7. The molecule has 0 saturated heterocycles. The molecule has 20 heavy (non-hydrogen) atoms. The number of nitrogens with one attached hydrogen (secondary N) is 1. The third kappa shape index (κ3) is 2.79. The zero-order chi connectivity index (χ0) is 14.5. The highest BCUT2D eigenvalue weighted by molar-refractivity contribution is 5.63. The third-order valence-electron chi connectivity index (χ3n) is 3.44. The Balaban J connectivity index is 2.57. The predicted molar refractivity (Wildman–Crippen MR) is 82.9 cm³/mol. The van der Waals surface area contributed by atoms with Crippen LogP contribution in [0.2, 0.25) is 0 Å². The maximum Gasteiger partial charge on any atom is 0.162 e. The topological polar surface area (TPSA) is 50.7 Å². The molecule has 0 amide bonds. The van der Waals surface area contributed by atoms with Crippen LogP contribution in [0.25, 0.3) is 11.4 Å². The second kappa shape index (κ2) is 6.46. The van der Waals surface area contributed by atoms with Crippen LogP contribution in [0.4, 0.5) is 5.82 Å². The highest BCUT2D eigenvalue weighted by atomic mass is 15.0. The number of hydrogen-bond acceptors (Lipinski definition) is 4. The van der Waals surface area contributed by atoms with Gasteiger partial charge in [-0.3, -0.25) is 4.98 Å². The molecule has 0 aliphatic heterocycles. The van der Waals surface area contributed by atoms with Crippen LogP contribution in [-0.4, -0.2) is 21.5 Å². The van der Waals surface area contributed by atoms with Gasteiger partial charge in [-0.1, -0.05) is 13.8 Å². The van der Waals surface area contributed by atoms with E-state index in [9.17, 15) is 0 Å². The predicted octanol–water partition coefficient (Wildman–Crippen LogP) is 3.40. The van der Waals surface area contributed by atoms with Gasteiger partial charge in [0, 0.05) is 35.8 Å². The Bertz CT molecular complexity index is 593. The maximum absolute atomic E-state index is 4.72. The Morgan fingerprint density at radius 2 is 1.90 bits per heavy atom. The van der Waals surface area contributed by atoms with E-state index in [0.717, 1.165) is 42.3 Å². The summed E-state index contributed by atoms with van der Waals surface area (Å²) in [5.41, 5.74) is 4.50. The van der Waals surface area contributed by atoms with Crippen molar-refractivity contribution in [1.29, 1.82) is 0 Å². The summed E-state index contributed by atoms with van der Waals surface area (Å²) in [5.74, 6) is 1.74. The van der Waals surface area contributed by atoms with E-state index in [1.54, 1.807) is 6.20 Å². The van der Waals surface area contributed by atoms with E-state index in [1.807, 2.05) is 12.3 Å². The van der Waals surface area contributed by atoms with E-state index in [-0.39, 0.29) is 0 Å². The molecule has 4 nitrogen and oxygen atoms in total. The molecule has 4 heteroatoms. The van der Waals surface area contributed by atoms with Gasteiger partial charge in [0.25, 0.3) is 0 Å². The van der Waals surface area contributed by atoms with E-state index in [2.05, 4.69) is 43.0 Å². The summed E-state index contributed by atoms with van der Waals surface area (Å²) in [4.78, 5) is 13.6. The summed E-state index contributed by atoms with van der Waals surface area (Å²) in [7, 11) is 0. The Morgan fingerprint density at radius 1 is 1.10 bits per heavy atom. The summed E-state index contributed by atoms with van der Waals surface area (Å²) in [6, 6.07) is 1.99. The molecule has 0 saturated carbocycles. The normalized spacial score (nSPS) is 10.6. The van der Waals surface area contributed by atoms with Crippen molar-refractivity contribution in [2.24, 2.45) is 0 Å². The summed E-state index contributed by atoms with van der Waals surface area (Å²) >= 11 is 0. The Morgan fingerprint density at radius 3 is 2.55 bits per heavy atom. The van der Waals surface area contributed by atoms with Gasteiger partial charge in [-0.15, -0.1) is 0 Å². The van der Waals surface area contributed by atoms with Crippen molar-refractivity contribution in [2.75, 3.05) is 11.9 Å². The van der Waals surface area contributed by atoms with Crippen molar-refractivity contribution in [1.82, 2.24) is 15.0 Å². The number of aromatic nitrogens is 3. The molecular formula is C16H22N4. The van der Waals surface area contributed by atoms with Crippen LogP contribution < -0.4 is 5.32 Å². The Kier molecular flexibility index (Phi) is 4.66. The quantitative estimate of drug-likeness (QED) is 0.904. The number of anilines is 1. The molecule has 0 unspecified atom stereocenters. The van der Waals surface area contributed by atoms with Gasteiger partial charge in [-0.2, -0.15) is 0 Å². The first-order chi connectivity index (χ1) is 9.71. The van der Waals surface area contributed by atoms with Crippen LogP contribution >= 0.6 is 0 Å². The van der Waals surface area contributed by atoms with Gasteiger partial charge in [0.1, 0.15) is 5.82 Å². The first-order valence-corrected chi connectivity index (χ1v) is 7.25. The van der Waals surface area contributed by atoms with Crippen LogP contribution in [0.15, 0.2) is 18.5 Å². The average Bonchev–Trinajstić information content (AvgIpc) is 2.47. The Hall–Kier alpha value is -1.97. The van der Waals surface area contributed by atoms with E-state index in [4.69, 9.17) is 4.98 Å². The molecule has 0 bridgehead atoms. The molecule has 0 atom stereocenters. The first kappa shape index (κ1) is 14.4. The summed E-state index contributed by atoms with van der Waals surface area (Å²) < 4.78 is 0. The smallest absolute Gasteiger partial charge is 0.162 e. The van der Waals surface area contributed by atoms with Crippen molar-refractivity contribution in [3.63, 3.8) is 0 Å². The second-order valence-corrected chi connectivity index (χ2v) is 4.73. The molecule has 0 aliphatic rings. The number of hydrogen-bond donors (Lipinski definition) is 1. The Labute approximate surface area is 120 Å². The highest BCUT2D eigenvalue weighted by Crippen LogP contribution is 2.25. The monoisotopic (exact) mass is 270 g/mol. The minimum atomic E-state index is 0.787. The van der Waals surface area contributed by atoms with Crippen LogP contribution in [-0.2, 0) is 12.8 Å². The van der Waals surface area contributed by atoms with Crippen LogP contribution in [0, 0.1) is 6.92 Å². The van der Waals surface area contributed by atoms with E-state index in [0.29, 0.717) is 0 Å². The molecular weight excluding hydrogens is 248 g/mol. The van der Waals surface area contributed by atoms with Gasteiger partial charge in [0.05, 0.1) is 0 Å². The van der Waals surface area contributed by atoms with Crippen LogP contribution in [0.5, 0.6) is 0 Å². The van der Waals surface area contributed by atoms with Crippen molar-refractivity contribution < 1.29 is 0 Å². The molecule has 0 radical (unpaired) electrons. The number of nitrogens with zero attached hydrogens (tertiary/aromatic N) is 3. The molecule has 0 spiro atoms. The van der Waals surface area contributed by atoms with Crippen molar-refractivity contribution in [3.05, 3.63) is 35.3 Å². The van der Waals surface area contributed by atoms with Gasteiger partial charge in [0.2, 0.25) is 0 Å². The lowest BCUT2D eigenvalue weighted by molar-refractivity contribution is 0.983. The molecule has 106 valence electrons. The fourth-order valence-electron chi connectivity index (χ4n) is 2.38. The minimum Gasteiger partial charge on any atom is -0.370 e. The second-order valence-electron chi connectivity index (χ2n) is 4.73. The van der Waals surface area contributed by atoms with E-state index in [1.165, 1.54) is 11.1 Å². The number of pyridine rings is 1. The minimum absolute atomic E-state index is 0.787. The SMILES string of the molecule is CCNc1nc(-c2ccncc2CC)nc(C)c1CC. The summed E-state index contributed by atoms with van der Waals surface area (Å²) in [5, 5.41) is 3.35. The fraction of sp³-hybridized carbons (Fsp3) is 0.438. The zero-order valence-electron chi connectivity index (χ0n) is 12.7. The van der Waals surface area contributed by atoms with Crippen molar-refractivity contribution >= 4 is 5.82 Å². The molecule has 0 aliphatic carbocycles. The molecule has 2 aromatic heterocycles. The van der Waals surface area contributed by atoms with Crippen molar-refractivity contribution in [3.8, 4) is 11.4 Å². The van der Waals surface area contributed by atoms with Crippen LogP contribution in [0.1, 0.15) is 37.6 Å². The standard InChI is InChI=1S/C16H22N4/c1-5-12-10-17-9-8-14(12)16-19-11(4)13(6-2)15(20-16)18-7-3/h8-10H,5-7H2,1-4H3,(H,18,19,20).